The van der Waals surface area contributed by atoms with Crippen LogP contribution in [0.4, 0.5) is 0 Å². The average molecular weight is 421 g/mol. The van der Waals surface area contributed by atoms with E-state index in [1.165, 1.54) is 6.92 Å². The van der Waals surface area contributed by atoms with Crippen molar-refractivity contribution in [2.45, 2.75) is 6.92 Å². The van der Waals surface area contributed by atoms with Crippen molar-refractivity contribution in [3.8, 4) is 5.75 Å². The third kappa shape index (κ3) is 4.15. The highest BCUT2D eigenvalue weighted by Gasteiger charge is 2.24. The second kappa shape index (κ2) is 7.21. The summed E-state index contributed by atoms with van der Waals surface area (Å²) in [4.78, 5) is 27.3. The fourth-order valence-electron chi connectivity index (χ4n) is 2.16. The molecule has 0 aliphatic carbocycles. The monoisotopic (exact) mass is 419 g/mol. The molecule has 0 unspecified atom stereocenters. The van der Waals surface area contributed by atoms with Crippen LogP contribution in [0.3, 0.4) is 0 Å². The number of carbonyl (C=O) groups excluding carboxylic acids is 2. The van der Waals surface area contributed by atoms with Gasteiger partial charge in [0.15, 0.2) is 5.70 Å². The van der Waals surface area contributed by atoms with Crippen LogP contribution in [-0.4, -0.2) is 17.8 Å². The quantitative estimate of drug-likeness (QED) is 0.420. The average Bonchev–Trinajstić information content (AvgIpc) is 2.91. The van der Waals surface area contributed by atoms with E-state index in [1.54, 1.807) is 48.5 Å². The minimum atomic E-state index is -0.546. The summed E-state index contributed by atoms with van der Waals surface area (Å²) in [6.07, 6.45) is 1.59. The Labute approximate surface area is 157 Å². The molecule has 25 heavy (non-hydrogen) atoms. The van der Waals surface area contributed by atoms with Gasteiger partial charge in [0.2, 0.25) is 5.90 Å². The molecule has 0 N–H and O–H groups in total. The number of hydrogen-bond acceptors (Lipinski definition) is 5. The summed E-state index contributed by atoms with van der Waals surface area (Å²) in [5.41, 5.74) is 1.49. The van der Waals surface area contributed by atoms with E-state index in [4.69, 9.17) is 21.1 Å². The molecule has 1 heterocycles. The lowest BCUT2D eigenvalue weighted by molar-refractivity contribution is -0.132. The zero-order valence-electron chi connectivity index (χ0n) is 13.0. The normalized spacial score (nSPS) is 15.1. The Morgan fingerprint density at radius 1 is 1.28 bits per heavy atom. The molecule has 0 aromatic heterocycles. The van der Waals surface area contributed by atoms with Gasteiger partial charge in [0.1, 0.15) is 5.75 Å². The Kier molecular flexibility index (Phi) is 5.01. The van der Waals surface area contributed by atoms with Gasteiger partial charge in [0.25, 0.3) is 0 Å². The van der Waals surface area contributed by atoms with Crippen LogP contribution in [0, 0.1) is 0 Å². The highest BCUT2D eigenvalue weighted by molar-refractivity contribution is 9.10. The fraction of sp³-hybridized carbons (Fsp3) is 0.0556. The van der Waals surface area contributed by atoms with Gasteiger partial charge in [-0.05, 0) is 57.9 Å². The summed E-state index contributed by atoms with van der Waals surface area (Å²) in [6.45, 7) is 1.32. The van der Waals surface area contributed by atoms with Crippen molar-refractivity contribution in [1.29, 1.82) is 0 Å². The SMILES string of the molecule is CC(=O)Oc1ccc(/C=C2\N=C(c3cccc(Cl)c3)OC2=O)cc1Br. The lowest BCUT2D eigenvalue weighted by Gasteiger charge is -2.04. The van der Waals surface area contributed by atoms with Crippen LogP contribution in [0.25, 0.3) is 6.08 Å². The molecule has 126 valence electrons. The molecule has 0 radical (unpaired) electrons. The number of esters is 2. The molecule has 2 aromatic carbocycles. The van der Waals surface area contributed by atoms with Crippen LogP contribution in [0.15, 0.2) is 57.6 Å². The van der Waals surface area contributed by atoms with Crippen molar-refractivity contribution >= 4 is 51.4 Å². The molecular formula is C18H11BrClNO4. The van der Waals surface area contributed by atoms with E-state index in [1.807, 2.05) is 0 Å². The van der Waals surface area contributed by atoms with Gasteiger partial charge in [-0.1, -0.05) is 23.7 Å². The summed E-state index contributed by atoms with van der Waals surface area (Å²) in [6, 6.07) is 11.9. The summed E-state index contributed by atoms with van der Waals surface area (Å²) >= 11 is 9.27. The second-order valence-electron chi connectivity index (χ2n) is 5.13. The molecule has 0 amide bonds. The zero-order chi connectivity index (χ0) is 18.0. The molecule has 0 fully saturated rings. The highest BCUT2D eigenvalue weighted by atomic mass is 79.9. The third-order valence-electron chi connectivity index (χ3n) is 3.21. The van der Waals surface area contributed by atoms with Gasteiger partial charge in [-0.3, -0.25) is 4.79 Å². The standard InChI is InChI=1S/C18H11BrClNO4/c1-10(22)24-16-6-5-11(7-14(16)19)8-15-18(23)25-17(21-15)12-3-2-4-13(20)9-12/h2-9H,1H3/b15-8-. The third-order valence-corrected chi connectivity index (χ3v) is 4.06. The molecule has 7 heteroatoms. The van der Waals surface area contributed by atoms with Crippen LogP contribution in [0.2, 0.25) is 5.02 Å². The number of halogens is 2. The number of hydrogen-bond donors (Lipinski definition) is 0. The summed E-state index contributed by atoms with van der Waals surface area (Å²) < 4.78 is 10.8. The number of benzene rings is 2. The van der Waals surface area contributed by atoms with Gasteiger partial charge < -0.3 is 9.47 Å². The lowest BCUT2D eigenvalue weighted by atomic mass is 10.2. The van der Waals surface area contributed by atoms with Gasteiger partial charge in [0.05, 0.1) is 4.47 Å². The lowest BCUT2D eigenvalue weighted by Crippen LogP contribution is -2.05. The zero-order valence-corrected chi connectivity index (χ0v) is 15.3. The van der Waals surface area contributed by atoms with E-state index in [2.05, 4.69) is 20.9 Å². The first-order chi connectivity index (χ1) is 11.9. The van der Waals surface area contributed by atoms with Gasteiger partial charge in [-0.2, -0.15) is 0 Å². The molecule has 1 aliphatic rings. The molecule has 0 spiro atoms. The first-order valence-electron chi connectivity index (χ1n) is 7.19. The van der Waals surface area contributed by atoms with Crippen LogP contribution in [0.5, 0.6) is 5.75 Å². The molecule has 0 atom stereocenters. The van der Waals surface area contributed by atoms with Gasteiger partial charge >= 0.3 is 11.9 Å². The molecular weight excluding hydrogens is 410 g/mol. The Morgan fingerprint density at radius 3 is 2.76 bits per heavy atom. The topological polar surface area (TPSA) is 65.0 Å². The minimum Gasteiger partial charge on any atom is -0.426 e. The Bertz CT molecular complexity index is 936. The minimum absolute atomic E-state index is 0.169. The maximum Gasteiger partial charge on any atom is 0.363 e. The summed E-state index contributed by atoms with van der Waals surface area (Å²) in [7, 11) is 0. The van der Waals surface area contributed by atoms with E-state index in [0.717, 1.165) is 0 Å². The number of rotatable bonds is 3. The van der Waals surface area contributed by atoms with E-state index in [-0.39, 0.29) is 11.6 Å². The molecule has 0 saturated carbocycles. The van der Waals surface area contributed by atoms with Crippen LogP contribution >= 0.6 is 27.5 Å². The first kappa shape index (κ1) is 17.4. The summed E-state index contributed by atoms with van der Waals surface area (Å²) in [5, 5.41) is 0.527. The largest absolute Gasteiger partial charge is 0.426 e. The summed E-state index contributed by atoms with van der Waals surface area (Å²) in [5.74, 6) is -0.363. The van der Waals surface area contributed by atoms with Crippen molar-refractivity contribution in [2.24, 2.45) is 4.99 Å². The number of aliphatic imine (C=N–C) groups is 1. The van der Waals surface area contributed by atoms with Crippen LogP contribution in [0.1, 0.15) is 18.1 Å². The van der Waals surface area contributed by atoms with E-state index in [9.17, 15) is 9.59 Å². The van der Waals surface area contributed by atoms with Crippen molar-refractivity contribution in [2.75, 3.05) is 0 Å². The maximum atomic E-state index is 12.0. The predicted octanol–water partition coefficient (Wildman–Crippen LogP) is 4.37. The fourth-order valence-corrected chi connectivity index (χ4v) is 2.82. The van der Waals surface area contributed by atoms with Crippen LogP contribution < -0.4 is 4.74 Å². The van der Waals surface area contributed by atoms with E-state index < -0.39 is 11.9 Å². The number of nitrogens with zero attached hydrogens (tertiary/aromatic N) is 1. The molecule has 1 aliphatic heterocycles. The van der Waals surface area contributed by atoms with Gasteiger partial charge in [-0.15, -0.1) is 0 Å². The Morgan fingerprint density at radius 2 is 2.08 bits per heavy atom. The van der Waals surface area contributed by atoms with Crippen molar-refractivity contribution in [3.05, 3.63) is 68.8 Å². The maximum absolute atomic E-state index is 12.0. The molecule has 5 nitrogen and oxygen atoms in total. The number of ether oxygens (including phenoxy) is 2. The molecule has 2 aromatic rings. The van der Waals surface area contributed by atoms with Gasteiger partial charge in [-0.25, -0.2) is 9.79 Å². The van der Waals surface area contributed by atoms with Crippen molar-refractivity contribution < 1.29 is 19.1 Å². The number of carbonyl (C=O) groups is 2. The molecule has 3 rings (SSSR count). The van der Waals surface area contributed by atoms with Gasteiger partial charge in [0, 0.05) is 17.5 Å². The number of cyclic esters (lactones) is 1. The van der Waals surface area contributed by atoms with E-state index >= 15 is 0 Å². The molecule has 0 bridgehead atoms. The highest BCUT2D eigenvalue weighted by Crippen LogP contribution is 2.28. The van der Waals surface area contributed by atoms with Crippen molar-refractivity contribution in [3.63, 3.8) is 0 Å². The Hall–Kier alpha value is -2.44. The molecule has 0 saturated heterocycles. The van der Waals surface area contributed by atoms with Crippen molar-refractivity contribution in [1.82, 2.24) is 0 Å². The Balaban J connectivity index is 1.89. The smallest absolute Gasteiger partial charge is 0.363 e. The van der Waals surface area contributed by atoms with E-state index in [0.29, 0.717) is 26.4 Å². The second-order valence-corrected chi connectivity index (χ2v) is 6.42. The van der Waals surface area contributed by atoms with Crippen LogP contribution in [-0.2, 0) is 14.3 Å². The predicted molar refractivity (Wildman–Crippen MR) is 97.5 cm³/mol. The first-order valence-corrected chi connectivity index (χ1v) is 8.36.